The van der Waals surface area contributed by atoms with E-state index in [0.29, 0.717) is 18.8 Å². The van der Waals surface area contributed by atoms with Crippen molar-refractivity contribution >= 4 is 17.5 Å². The summed E-state index contributed by atoms with van der Waals surface area (Å²) in [5.41, 5.74) is 2.87. The number of amides is 2. The summed E-state index contributed by atoms with van der Waals surface area (Å²) in [5.74, 6) is -0.126. The molecule has 1 N–H and O–H groups in total. The Bertz CT molecular complexity index is 791. The van der Waals surface area contributed by atoms with Crippen LogP contribution in [-0.4, -0.2) is 36.9 Å². The van der Waals surface area contributed by atoms with Crippen LogP contribution < -0.4 is 10.1 Å². The molecule has 0 atom stereocenters. The quantitative estimate of drug-likeness (QED) is 0.719. The Hall–Kier alpha value is -2.89. The van der Waals surface area contributed by atoms with E-state index in [2.05, 4.69) is 5.32 Å². The van der Waals surface area contributed by atoms with Crippen molar-refractivity contribution in [2.24, 2.45) is 0 Å². The second-order valence-electron chi connectivity index (χ2n) is 6.45. The minimum absolute atomic E-state index is 0.00889. The molecule has 0 aliphatic carbocycles. The van der Waals surface area contributed by atoms with Gasteiger partial charge in [0.2, 0.25) is 11.8 Å². The van der Waals surface area contributed by atoms with Crippen molar-refractivity contribution in [3.8, 4) is 5.75 Å². The molecule has 0 aromatic heterocycles. The third kappa shape index (κ3) is 6.40. The van der Waals surface area contributed by atoms with Crippen LogP contribution >= 0.6 is 0 Å². The average Bonchev–Trinajstić information content (AvgIpc) is 2.63. The zero-order valence-electron chi connectivity index (χ0n) is 15.9. The molecule has 0 saturated heterocycles. The van der Waals surface area contributed by atoms with E-state index in [1.165, 1.54) is 17.0 Å². The van der Waals surface area contributed by atoms with Crippen LogP contribution in [0.3, 0.4) is 0 Å². The molecule has 0 saturated carbocycles. The van der Waals surface area contributed by atoms with E-state index in [1.54, 1.807) is 19.2 Å². The maximum absolute atomic E-state index is 12.8. The topological polar surface area (TPSA) is 58.6 Å². The lowest BCUT2D eigenvalue weighted by Gasteiger charge is -2.18. The van der Waals surface area contributed by atoms with Crippen LogP contribution in [0, 0.1) is 19.7 Å². The van der Waals surface area contributed by atoms with E-state index in [9.17, 15) is 14.0 Å². The highest BCUT2D eigenvalue weighted by Gasteiger charge is 2.14. The number of likely N-dealkylation sites (N-methyl/N-ethyl adjacent to an activating group) is 1. The third-order valence-corrected chi connectivity index (χ3v) is 4.30. The van der Waals surface area contributed by atoms with Crippen molar-refractivity contribution in [2.75, 3.05) is 25.5 Å². The van der Waals surface area contributed by atoms with Gasteiger partial charge in [-0.15, -0.1) is 0 Å². The van der Waals surface area contributed by atoms with Crippen LogP contribution in [0.2, 0.25) is 0 Å². The Morgan fingerprint density at radius 3 is 2.52 bits per heavy atom. The van der Waals surface area contributed by atoms with Gasteiger partial charge in [0.25, 0.3) is 0 Å². The van der Waals surface area contributed by atoms with Gasteiger partial charge < -0.3 is 15.0 Å². The summed E-state index contributed by atoms with van der Waals surface area (Å²) < 4.78 is 18.3. The van der Waals surface area contributed by atoms with Crippen molar-refractivity contribution in [2.45, 2.75) is 26.7 Å². The number of carbonyl (C=O) groups excluding carboxylic acids is 2. The molecule has 2 amide bonds. The zero-order valence-corrected chi connectivity index (χ0v) is 15.9. The molecule has 0 aliphatic heterocycles. The molecule has 2 aromatic carbocycles. The maximum Gasteiger partial charge on any atom is 0.243 e. The van der Waals surface area contributed by atoms with Crippen molar-refractivity contribution in [1.82, 2.24) is 4.90 Å². The lowest BCUT2D eigenvalue weighted by atomic mass is 10.1. The van der Waals surface area contributed by atoms with E-state index in [0.717, 1.165) is 16.8 Å². The van der Waals surface area contributed by atoms with Gasteiger partial charge >= 0.3 is 0 Å². The Morgan fingerprint density at radius 1 is 1.11 bits per heavy atom. The van der Waals surface area contributed by atoms with Gasteiger partial charge in [-0.3, -0.25) is 9.59 Å². The first-order valence-corrected chi connectivity index (χ1v) is 8.85. The lowest BCUT2D eigenvalue weighted by Crippen LogP contribution is -2.35. The first-order valence-electron chi connectivity index (χ1n) is 8.85. The summed E-state index contributed by atoms with van der Waals surface area (Å²) in [7, 11) is 1.60. The minimum Gasteiger partial charge on any atom is -0.494 e. The number of halogens is 1. The van der Waals surface area contributed by atoms with Gasteiger partial charge in [-0.05, 0) is 61.7 Å². The molecule has 0 bridgehead atoms. The summed E-state index contributed by atoms with van der Waals surface area (Å²) in [6.45, 7) is 4.26. The highest BCUT2D eigenvalue weighted by molar-refractivity contribution is 5.95. The summed E-state index contributed by atoms with van der Waals surface area (Å²) >= 11 is 0. The van der Waals surface area contributed by atoms with Crippen molar-refractivity contribution in [1.29, 1.82) is 0 Å². The van der Waals surface area contributed by atoms with Crippen LogP contribution in [0.15, 0.2) is 42.5 Å². The molecule has 0 heterocycles. The van der Waals surface area contributed by atoms with Gasteiger partial charge in [-0.25, -0.2) is 4.39 Å². The number of ether oxygens (including phenoxy) is 1. The molecule has 0 unspecified atom stereocenters. The van der Waals surface area contributed by atoms with Gasteiger partial charge in [0.05, 0.1) is 13.2 Å². The highest BCUT2D eigenvalue weighted by Crippen LogP contribution is 2.17. The number of hydrogen-bond acceptors (Lipinski definition) is 3. The molecule has 2 aromatic rings. The second kappa shape index (κ2) is 9.71. The monoisotopic (exact) mass is 372 g/mol. The molecule has 0 aliphatic rings. The van der Waals surface area contributed by atoms with Crippen LogP contribution in [-0.2, 0) is 9.59 Å². The fraction of sp³-hybridized carbons (Fsp3) is 0.333. The number of aryl methyl sites for hydroxylation is 1. The van der Waals surface area contributed by atoms with E-state index >= 15 is 0 Å². The molecule has 27 heavy (non-hydrogen) atoms. The first kappa shape index (κ1) is 20.4. The number of carbonyl (C=O) groups is 2. The third-order valence-electron chi connectivity index (χ3n) is 4.30. The Morgan fingerprint density at radius 2 is 1.81 bits per heavy atom. The number of nitrogens with one attached hydrogen (secondary N) is 1. The molecule has 2 rings (SSSR count). The van der Waals surface area contributed by atoms with Crippen LogP contribution in [0.4, 0.5) is 10.1 Å². The minimum atomic E-state index is -0.321. The first-order chi connectivity index (χ1) is 12.9. The number of hydrogen-bond donors (Lipinski definition) is 1. The number of nitrogens with zero attached hydrogens (tertiary/aromatic N) is 1. The van der Waals surface area contributed by atoms with Crippen molar-refractivity contribution in [3.63, 3.8) is 0 Å². The Kier molecular flexibility index (Phi) is 7.34. The Balaban J connectivity index is 1.72. The van der Waals surface area contributed by atoms with E-state index < -0.39 is 0 Å². The fourth-order valence-electron chi connectivity index (χ4n) is 2.51. The predicted octanol–water partition coefficient (Wildman–Crippen LogP) is 3.70. The summed E-state index contributed by atoms with van der Waals surface area (Å²) in [4.78, 5) is 25.7. The molecule has 5 nitrogen and oxygen atoms in total. The largest absolute Gasteiger partial charge is 0.494 e. The number of anilines is 1. The van der Waals surface area contributed by atoms with E-state index in [-0.39, 0.29) is 30.6 Å². The van der Waals surface area contributed by atoms with Crippen LogP contribution in [0.25, 0.3) is 0 Å². The lowest BCUT2D eigenvalue weighted by molar-refractivity contribution is -0.133. The van der Waals surface area contributed by atoms with Gasteiger partial charge in [0.1, 0.15) is 11.6 Å². The van der Waals surface area contributed by atoms with Gasteiger partial charge in [0.15, 0.2) is 0 Å². The second-order valence-corrected chi connectivity index (χ2v) is 6.45. The van der Waals surface area contributed by atoms with Crippen molar-refractivity contribution < 1.29 is 18.7 Å². The van der Waals surface area contributed by atoms with Crippen molar-refractivity contribution in [3.05, 3.63) is 59.4 Å². The molecule has 6 heteroatoms. The molecule has 144 valence electrons. The predicted molar refractivity (Wildman–Crippen MR) is 103 cm³/mol. The normalized spacial score (nSPS) is 10.4. The standard InChI is InChI=1S/C21H25FN2O3/c1-15-6-4-7-19(16(15)2)23-20(25)14-24(3)21(26)8-5-13-27-18-11-9-17(22)10-12-18/h4,6-7,9-12H,5,8,13-14H2,1-3H3,(H,23,25). The van der Waals surface area contributed by atoms with E-state index in [4.69, 9.17) is 4.74 Å². The highest BCUT2D eigenvalue weighted by atomic mass is 19.1. The molecule has 0 radical (unpaired) electrons. The van der Waals surface area contributed by atoms with Gasteiger partial charge in [-0.1, -0.05) is 12.1 Å². The molecule has 0 spiro atoms. The van der Waals surface area contributed by atoms with Crippen LogP contribution in [0.5, 0.6) is 5.75 Å². The van der Waals surface area contributed by atoms with Crippen LogP contribution in [0.1, 0.15) is 24.0 Å². The summed E-state index contributed by atoms with van der Waals surface area (Å²) in [6, 6.07) is 11.4. The van der Waals surface area contributed by atoms with Gasteiger partial charge in [-0.2, -0.15) is 0 Å². The molecular weight excluding hydrogens is 347 g/mol. The maximum atomic E-state index is 12.8. The van der Waals surface area contributed by atoms with Gasteiger partial charge in [0, 0.05) is 19.2 Å². The Labute approximate surface area is 159 Å². The molecule has 0 fully saturated rings. The smallest absolute Gasteiger partial charge is 0.243 e. The SMILES string of the molecule is Cc1cccc(NC(=O)CN(C)C(=O)CCCOc2ccc(F)cc2)c1C. The average molecular weight is 372 g/mol. The zero-order chi connectivity index (χ0) is 19.8. The summed E-state index contributed by atoms with van der Waals surface area (Å²) in [6.07, 6.45) is 0.785. The number of benzene rings is 2. The fourth-order valence-corrected chi connectivity index (χ4v) is 2.51. The summed E-state index contributed by atoms with van der Waals surface area (Å²) in [5, 5.41) is 2.84. The number of rotatable bonds is 8. The van der Waals surface area contributed by atoms with E-state index in [1.807, 2.05) is 32.0 Å². The molecular formula is C21H25FN2O3.